The lowest BCUT2D eigenvalue weighted by Crippen LogP contribution is -2.17. The van der Waals surface area contributed by atoms with Crippen molar-refractivity contribution in [3.05, 3.63) is 48.8 Å². The van der Waals surface area contributed by atoms with Crippen molar-refractivity contribution in [3.8, 4) is 11.4 Å². The van der Waals surface area contributed by atoms with Crippen LogP contribution >= 0.6 is 12.2 Å². The van der Waals surface area contributed by atoms with Crippen LogP contribution in [0.3, 0.4) is 0 Å². The molecule has 2 heterocycles. The summed E-state index contributed by atoms with van der Waals surface area (Å²) in [7, 11) is 0. The molecule has 0 aliphatic heterocycles. The largest absolute Gasteiger partial charge is 0.392 e. The van der Waals surface area contributed by atoms with Gasteiger partial charge in [0, 0.05) is 18.0 Å². The van der Waals surface area contributed by atoms with Gasteiger partial charge in [0.15, 0.2) is 0 Å². The first-order chi connectivity index (χ1) is 9.25. The molecule has 94 valence electrons. The van der Waals surface area contributed by atoms with Gasteiger partial charge in [-0.05, 0) is 24.3 Å². The minimum atomic E-state index is 0.443. The van der Waals surface area contributed by atoms with Gasteiger partial charge in [-0.2, -0.15) is 0 Å². The van der Waals surface area contributed by atoms with Crippen molar-refractivity contribution < 1.29 is 0 Å². The van der Waals surface area contributed by atoms with Crippen molar-refractivity contribution >= 4 is 28.2 Å². The first-order valence-electron chi connectivity index (χ1n) is 5.89. The Morgan fingerprint density at radius 3 is 2.63 bits per heavy atom. The zero-order valence-electron chi connectivity index (χ0n) is 10.2. The number of rotatable bonds is 3. The van der Waals surface area contributed by atoms with Crippen LogP contribution in [0.1, 0.15) is 0 Å². The number of hydrogen-bond acceptors (Lipinski definition) is 3. The van der Waals surface area contributed by atoms with E-state index in [0.717, 1.165) is 22.4 Å². The predicted octanol–water partition coefficient (Wildman–Crippen LogP) is 2.38. The third-order valence-corrected chi connectivity index (χ3v) is 3.04. The van der Waals surface area contributed by atoms with Crippen molar-refractivity contribution in [2.75, 3.05) is 0 Å². The van der Waals surface area contributed by atoms with Crippen LogP contribution in [0.4, 0.5) is 0 Å². The second-order valence-electron chi connectivity index (χ2n) is 4.21. The first kappa shape index (κ1) is 11.8. The van der Waals surface area contributed by atoms with Crippen molar-refractivity contribution in [2.24, 2.45) is 5.73 Å². The van der Waals surface area contributed by atoms with Gasteiger partial charge in [0.25, 0.3) is 0 Å². The molecule has 1 aromatic carbocycles. The third kappa shape index (κ3) is 2.20. The average Bonchev–Trinajstić information content (AvgIpc) is 2.78. The van der Waals surface area contributed by atoms with Gasteiger partial charge in [-0.15, -0.1) is 0 Å². The van der Waals surface area contributed by atoms with Gasteiger partial charge in [-0.25, -0.2) is 4.98 Å². The lowest BCUT2D eigenvalue weighted by atomic mass is 10.2. The van der Waals surface area contributed by atoms with Crippen LogP contribution in [0.25, 0.3) is 22.4 Å². The van der Waals surface area contributed by atoms with E-state index in [4.69, 9.17) is 18.0 Å². The Morgan fingerprint density at radius 2 is 1.89 bits per heavy atom. The highest BCUT2D eigenvalue weighted by Gasteiger charge is 2.12. The molecule has 5 heteroatoms. The zero-order valence-corrected chi connectivity index (χ0v) is 11.0. The number of para-hydroxylation sites is 2. The first-order valence-corrected chi connectivity index (χ1v) is 6.30. The van der Waals surface area contributed by atoms with Gasteiger partial charge in [-0.3, -0.25) is 4.98 Å². The lowest BCUT2D eigenvalue weighted by Gasteiger charge is -2.07. The molecule has 0 radical (unpaired) electrons. The third-order valence-electron chi connectivity index (χ3n) is 2.91. The Kier molecular flexibility index (Phi) is 2.97. The average molecular weight is 268 g/mol. The summed E-state index contributed by atoms with van der Waals surface area (Å²) in [6, 6.07) is 11.8. The SMILES string of the molecule is NC(=S)Cn1c(-c2ccncc2)nc2ccccc21. The number of thiocarbonyl (C=S) groups is 1. The van der Waals surface area contributed by atoms with Gasteiger partial charge in [0.2, 0.25) is 0 Å². The Hall–Kier alpha value is -2.27. The molecule has 2 N–H and O–H groups in total. The quantitative estimate of drug-likeness (QED) is 0.741. The number of pyridine rings is 1. The van der Waals surface area contributed by atoms with Crippen LogP contribution in [0.2, 0.25) is 0 Å². The molecule has 0 spiro atoms. The van der Waals surface area contributed by atoms with Crippen LogP contribution in [-0.4, -0.2) is 19.5 Å². The van der Waals surface area contributed by atoms with E-state index in [1.54, 1.807) is 12.4 Å². The summed E-state index contributed by atoms with van der Waals surface area (Å²) in [5.41, 5.74) is 8.66. The van der Waals surface area contributed by atoms with Gasteiger partial charge in [-0.1, -0.05) is 24.4 Å². The molecule has 0 saturated heterocycles. The van der Waals surface area contributed by atoms with Gasteiger partial charge in [0.05, 0.1) is 22.6 Å². The minimum absolute atomic E-state index is 0.443. The highest BCUT2D eigenvalue weighted by atomic mass is 32.1. The summed E-state index contributed by atoms with van der Waals surface area (Å²) in [4.78, 5) is 9.13. The molecule has 3 aromatic rings. The monoisotopic (exact) mass is 268 g/mol. The number of nitrogens with zero attached hydrogens (tertiary/aromatic N) is 3. The van der Waals surface area contributed by atoms with Gasteiger partial charge >= 0.3 is 0 Å². The summed E-state index contributed by atoms with van der Waals surface area (Å²) < 4.78 is 2.03. The molecule has 0 saturated carbocycles. The Balaban J connectivity index is 2.26. The molecule has 0 atom stereocenters. The molecule has 0 aliphatic carbocycles. The van der Waals surface area contributed by atoms with E-state index in [0.29, 0.717) is 11.5 Å². The van der Waals surface area contributed by atoms with Crippen LogP contribution in [0.5, 0.6) is 0 Å². The zero-order chi connectivity index (χ0) is 13.2. The number of imidazole rings is 1. The van der Waals surface area contributed by atoms with Crippen molar-refractivity contribution in [1.29, 1.82) is 0 Å². The minimum Gasteiger partial charge on any atom is -0.392 e. The second-order valence-corrected chi connectivity index (χ2v) is 4.74. The fourth-order valence-corrected chi connectivity index (χ4v) is 2.24. The van der Waals surface area contributed by atoms with E-state index < -0.39 is 0 Å². The topological polar surface area (TPSA) is 56.7 Å². The molecule has 0 aliphatic rings. The van der Waals surface area contributed by atoms with Crippen LogP contribution in [0.15, 0.2) is 48.8 Å². The Morgan fingerprint density at radius 1 is 1.16 bits per heavy atom. The second kappa shape index (κ2) is 4.78. The molecule has 0 unspecified atom stereocenters. The van der Waals surface area contributed by atoms with E-state index in [1.165, 1.54) is 0 Å². The maximum atomic E-state index is 5.69. The number of nitrogens with two attached hydrogens (primary N) is 1. The number of benzene rings is 1. The van der Waals surface area contributed by atoms with Gasteiger partial charge < -0.3 is 10.3 Å². The maximum Gasteiger partial charge on any atom is 0.141 e. The summed E-state index contributed by atoms with van der Waals surface area (Å²) in [6.07, 6.45) is 3.50. The molecule has 3 rings (SSSR count). The maximum absolute atomic E-state index is 5.69. The van der Waals surface area contributed by atoms with Gasteiger partial charge in [0.1, 0.15) is 5.82 Å². The smallest absolute Gasteiger partial charge is 0.141 e. The molecule has 0 bridgehead atoms. The predicted molar refractivity (Wildman–Crippen MR) is 79.7 cm³/mol. The highest BCUT2D eigenvalue weighted by Crippen LogP contribution is 2.24. The molecule has 0 fully saturated rings. The van der Waals surface area contributed by atoms with E-state index in [1.807, 2.05) is 41.0 Å². The Bertz CT molecular complexity index is 734. The van der Waals surface area contributed by atoms with E-state index in [9.17, 15) is 0 Å². The van der Waals surface area contributed by atoms with Crippen molar-refractivity contribution in [3.63, 3.8) is 0 Å². The standard InChI is InChI=1S/C14H12N4S/c15-13(19)9-18-12-4-2-1-3-11(12)17-14(18)10-5-7-16-8-6-10/h1-8H,9H2,(H2,15,19). The summed E-state index contributed by atoms with van der Waals surface area (Å²) in [6.45, 7) is 0.480. The normalized spacial score (nSPS) is 10.7. The molecular formula is C14H12N4S. The van der Waals surface area contributed by atoms with Crippen LogP contribution < -0.4 is 5.73 Å². The van der Waals surface area contributed by atoms with Crippen LogP contribution in [-0.2, 0) is 6.54 Å². The molecule has 19 heavy (non-hydrogen) atoms. The summed E-state index contributed by atoms with van der Waals surface area (Å²) in [5.74, 6) is 0.858. The Labute approximate surface area is 115 Å². The lowest BCUT2D eigenvalue weighted by molar-refractivity contribution is 0.895. The molecule has 4 nitrogen and oxygen atoms in total. The van der Waals surface area contributed by atoms with E-state index in [2.05, 4.69) is 9.97 Å². The van der Waals surface area contributed by atoms with Crippen molar-refractivity contribution in [2.45, 2.75) is 6.54 Å². The van der Waals surface area contributed by atoms with E-state index >= 15 is 0 Å². The highest BCUT2D eigenvalue weighted by molar-refractivity contribution is 7.80. The van der Waals surface area contributed by atoms with Crippen LogP contribution in [0, 0.1) is 0 Å². The number of fused-ring (bicyclic) bond motifs is 1. The summed E-state index contributed by atoms with van der Waals surface area (Å²) in [5, 5.41) is 0. The van der Waals surface area contributed by atoms with E-state index in [-0.39, 0.29) is 0 Å². The number of aromatic nitrogens is 3. The number of hydrogen-bond donors (Lipinski definition) is 1. The molecular weight excluding hydrogens is 256 g/mol. The fraction of sp³-hybridized carbons (Fsp3) is 0.0714. The fourth-order valence-electron chi connectivity index (χ4n) is 2.11. The summed E-state index contributed by atoms with van der Waals surface area (Å²) >= 11 is 5.03. The van der Waals surface area contributed by atoms with Crippen molar-refractivity contribution in [1.82, 2.24) is 14.5 Å². The molecule has 2 aromatic heterocycles. The molecule has 0 amide bonds.